The van der Waals surface area contributed by atoms with Gasteiger partial charge in [-0.3, -0.25) is 0 Å². The maximum absolute atomic E-state index is 13.5. The van der Waals surface area contributed by atoms with Crippen molar-refractivity contribution >= 4 is 0 Å². The third-order valence-electron chi connectivity index (χ3n) is 5.61. The van der Waals surface area contributed by atoms with Crippen LogP contribution >= 0.6 is 0 Å². The topological polar surface area (TPSA) is 0 Å². The molecule has 1 aliphatic rings. The Labute approximate surface area is 157 Å². The van der Waals surface area contributed by atoms with Gasteiger partial charge >= 0.3 is 0 Å². The summed E-state index contributed by atoms with van der Waals surface area (Å²) in [5.74, 6) is -3.24. The minimum absolute atomic E-state index is 0.367. The summed E-state index contributed by atoms with van der Waals surface area (Å²) in [5, 5.41) is 0. The monoisotopic (exact) mass is 366 g/mol. The van der Waals surface area contributed by atoms with E-state index in [1.54, 1.807) is 0 Å². The first kappa shape index (κ1) is 17.8. The molecule has 1 unspecified atom stereocenters. The van der Waals surface area contributed by atoms with Crippen LogP contribution in [-0.4, -0.2) is 0 Å². The highest BCUT2D eigenvalue weighted by atomic mass is 19.2. The van der Waals surface area contributed by atoms with E-state index in [0.29, 0.717) is 11.5 Å². The summed E-state index contributed by atoms with van der Waals surface area (Å²) < 4.78 is 40.3. The summed E-state index contributed by atoms with van der Waals surface area (Å²) >= 11 is 0. The van der Waals surface area contributed by atoms with Gasteiger partial charge in [0.25, 0.3) is 0 Å². The van der Waals surface area contributed by atoms with E-state index in [2.05, 4.69) is 31.2 Å². The maximum Gasteiger partial charge on any atom is 0.194 e. The quantitative estimate of drug-likeness (QED) is 0.458. The first-order valence-electron chi connectivity index (χ1n) is 9.40. The molecule has 0 radical (unpaired) electrons. The minimum atomic E-state index is -1.42. The van der Waals surface area contributed by atoms with Gasteiger partial charge in [-0.05, 0) is 77.1 Å². The number of benzene rings is 3. The van der Waals surface area contributed by atoms with E-state index < -0.39 is 17.5 Å². The van der Waals surface area contributed by atoms with Crippen LogP contribution in [0.1, 0.15) is 41.5 Å². The van der Waals surface area contributed by atoms with Gasteiger partial charge in [0.15, 0.2) is 17.5 Å². The normalized spacial score (nSPS) is 16.2. The number of fused-ring (bicyclic) bond motifs is 1. The number of aryl methyl sites for hydroxylation is 2. The summed E-state index contributed by atoms with van der Waals surface area (Å²) in [5.41, 5.74) is 6.28. The molecular formula is C24H21F3. The Morgan fingerprint density at radius 1 is 0.815 bits per heavy atom. The lowest BCUT2D eigenvalue weighted by Crippen LogP contribution is -2.13. The zero-order valence-electron chi connectivity index (χ0n) is 15.2. The van der Waals surface area contributed by atoms with Crippen LogP contribution in [0.2, 0.25) is 0 Å². The van der Waals surface area contributed by atoms with Crippen molar-refractivity contribution in [3.05, 3.63) is 94.3 Å². The van der Waals surface area contributed by atoms with Crippen molar-refractivity contribution in [3.63, 3.8) is 0 Å². The first-order chi connectivity index (χ1) is 13.0. The van der Waals surface area contributed by atoms with Gasteiger partial charge in [-0.25, -0.2) is 13.2 Å². The molecule has 0 bridgehead atoms. The van der Waals surface area contributed by atoms with Gasteiger partial charge in [0.2, 0.25) is 0 Å². The molecule has 0 aliphatic heterocycles. The van der Waals surface area contributed by atoms with Crippen LogP contribution in [0.3, 0.4) is 0 Å². The van der Waals surface area contributed by atoms with E-state index in [9.17, 15) is 13.2 Å². The Hall–Kier alpha value is -2.55. The number of hydrogen-bond donors (Lipinski definition) is 0. The van der Waals surface area contributed by atoms with Crippen LogP contribution in [0, 0.1) is 17.5 Å². The van der Waals surface area contributed by atoms with Crippen LogP contribution in [0.15, 0.2) is 54.6 Å². The molecule has 1 aliphatic carbocycles. The highest BCUT2D eigenvalue weighted by Gasteiger charge is 2.21. The number of rotatable bonds is 3. The molecular weight excluding hydrogens is 345 g/mol. The average molecular weight is 366 g/mol. The predicted molar refractivity (Wildman–Crippen MR) is 102 cm³/mol. The van der Waals surface area contributed by atoms with Crippen molar-refractivity contribution in [2.45, 2.75) is 38.5 Å². The first-order valence-corrected chi connectivity index (χ1v) is 9.40. The zero-order valence-corrected chi connectivity index (χ0v) is 15.2. The van der Waals surface area contributed by atoms with E-state index in [1.807, 2.05) is 18.2 Å². The molecule has 3 aromatic carbocycles. The third-order valence-corrected chi connectivity index (χ3v) is 5.61. The Bertz CT molecular complexity index is 950. The average Bonchev–Trinajstić information content (AvgIpc) is 2.71. The van der Waals surface area contributed by atoms with E-state index in [0.717, 1.165) is 43.4 Å². The van der Waals surface area contributed by atoms with Crippen molar-refractivity contribution in [1.29, 1.82) is 0 Å². The fourth-order valence-electron chi connectivity index (χ4n) is 3.97. The highest BCUT2D eigenvalue weighted by Crippen LogP contribution is 2.35. The van der Waals surface area contributed by atoms with E-state index >= 15 is 0 Å². The second kappa shape index (κ2) is 7.22. The van der Waals surface area contributed by atoms with Crippen molar-refractivity contribution in [3.8, 4) is 11.1 Å². The molecule has 4 rings (SSSR count). The molecule has 3 aromatic rings. The molecule has 0 saturated heterocycles. The largest absolute Gasteiger partial charge is 0.204 e. The Balaban J connectivity index is 1.59. The second-order valence-corrected chi connectivity index (χ2v) is 7.27. The fourth-order valence-corrected chi connectivity index (χ4v) is 3.97. The molecule has 0 nitrogen and oxygen atoms in total. The van der Waals surface area contributed by atoms with E-state index in [-0.39, 0.29) is 0 Å². The maximum atomic E-state index is 13.5. The predicted octanol–water partition coefficient (Wildman–Crippen LogP) is 6.61. The van der Waals surface area contributed by atoms with Crippen LogP contribution in [-0.2, 0) is 19.3 Å². The molecule has 0 fully saturated rings. The summed E-state index contributed by atoms with van der Waals surface area (Å²) in [6, 6.07) is 16.9. The van der Waals surface area contributed by atoms with Gasteiger partial charge in [0, 0.05) is 0 Å². The van der Waals surface area contributed by atoms with Crippen molar-refractivity contribution in [2.24, 2.45) is 0 Å². The molecule has 27 heavy (non-hydrogen) atoms. The number of hydrogen-bond acceptors (Lipinski definition) is 0. The van der Waals surface area contributed by atoms with Gasteiger partial charge in [-0.2, -0.15) is 0 Å². The second-order valence-electron chi connectivity index (χ2n) is 7.27. The summed E-state index contributed by atoms with van der Waals surface area (Å²) in [6.45, 7) is 2.16. The van der Waals surface area contributed by atoms with Crippen LogP contribution in [0.5, 0.6) is 0 Å². The zero-order chi connectivity index (χ0) is 19.0. The van der Waals surface area contributed by atoms with Gasteiger partial charge in [-0.15, -0.1) is 0 Å². The summed E-state index contributed by atoms with van der Waals surface area (Å²) in [6.07, 6.45) is 3.98. The smallest absolute Gasteiger partial charge is 0.194 e. The number of halogens is 3. The van der Waals surface area contributed by atoms with Gasteiger partial charge in [0.1, 0.15) is 0 Å². The lowest BCUT2D eigenvalue weighted by molar-refractivity contribution is 0.447. The fraction of sp³-hybridized carbons (Fsp3) is 0.250. The van der Waals surface area contributed by atoms with Gasteiger partial charge in [0.05, 0.1) is 0 Å². The van der Waals surface area contributed by atoms with Gasteiger partial charge in [-0.1, -0.05) is 49.4 Å². The van der Waals surface area contributed by atoms with E-state index in [1.165, 1.54) is 22.3 Å². The summed E-state index contributed by atoms with van der Waals surface area (Å²) in [7, 11) is 0. The molecule has 0 heterocycles. The Kier molecular flexibility index (Phi) is 4.77. The van der Waals surface area contributed by atoms with Crippen molar-refractivity contribution < 1.29 is 13.2 Å². The van der Waals surface area contributed by atoms with Gasteiger partial charge < -0.3 is 0 Å². The minimum Gasteiger partial charge on any atom is -0.204 e. The Morgan fingerprint density at radius 3 is 2.19 bits per heavy atom. The lowest BCUT2D eigenvalue weighted by atomic mass is 9.79. The molecule has 0 spiro atoms. The molecule has 138 valence electrons. The highest BCUT2D eigenvalue weighted by molar-refractivity contribution is 5.65. The van der Waals surface area contributed by atoms with E-state index in [4.69, 9.17) is 0 Å². The van der Waals surface area contributed by atoms with Crippen molar-refractivity contribution in [2.75, 3.05) is 0 Å². The van der Waals surface area contributed by atoms with Crippen molar-refractivity contribution in [1.82, 2.24) is 0 Å². The molecule has 0 amide bonds. The standard InChI is InChI=1S/C24H21F3/c1-2-15-3-5-16(6-4-15)17-7-8-19-12-20(10-9-18(19)11-17)21-13-22(25)24(27)23(26)14-21/h3-6,9-10,12-14,17H,2,7-8,11H2,1H3. The van der Waals surface area contributed by atoms with Crippen LogP contribution in [0.4, 0.5) is 13.2 Å². The Morgan fingerprint density at radius 2 is 1.52 bits per heavy atom. The summed E-state index contributed by atoms with van der Waals surface area (Å²) in [4.78, 5) is 0. The van der Waals surface area contributed by atoms with Crippen LogP contribution < -0.4 is 0 Å². The molecule has 0 N–H and O–H groups in total. The molecule has 0 saturated carbocycles. The third kappa shape index (κ3) is 3.51. The molecule has 0 aromatic heterocycles. The van der Waals surface area contributed by atoms with Crippen LogP contribution in [0.25, 0.3) is 11.1 Å². The molecule has 3 heteroatoms. The SMILES string of the molecule is CCc1ccc(C2CCc3cc(-c4cc(F)c(F)c(F)c4)ccc3C2)cc1. The molecule has 1 atom stereocenters. The lowest BCUT2D eigenvalue weighted by Gasteiger charge is -2.26.